The van der Waals surface area contributed by atoms with Gasteiger partial charge in [-0.3, -0.25) is 19.7 Å². The number of anilines is 1. The van der Waals surface area contributed by atoms with Crippen LogP contribution in [0.5, 0.6) is 0 Å². The van der Waals surface area contributed by atoms with Gasteiger partial charge in [0.15, 0.2) is 5.43 Å². The molecule has 240 valence electrons. The second-order valence-electron chi connectivity index (χ2n) is 12.4. The summed E-state index contributed by atoms with van der Waals surface area (Å²) in [5.41, 5.74) is 5.24. The molecule has 2 aliphatic heterocycles. The van der Waals surface area contributed by atoms with E-state index < -0.39 is 0 Å². The Hall–Kier alpha value is -3.78. The van der Waals surface area contributed by atoms with Gasteiger partial charge in [0.05, 0.1) is 16.9 Å². The maximum absolute atomic E-state index is 15.6. The van der Waals surface area contributed by atoms with Crippen molar-refractivity contribution in [2.24, 2.45) is 4.99 Å². The summed E-state index contributed by atoms with van der Waals surface area (Å²) in [6.07, 6.45) is 15.1. The van der Waals surface area contributed by atoms with Crippen molar-refractivity contribution >= 4 is 23.3 Å². The number of rotatable bonds is 10. The number of hydrogen-bond donors (Lipinski definition) is 0. The fraction of sp³-hybridized carbons (Fsp3) is 0.486. The second-order valence-corrected chi connectivity index (χ2v) is 12.4. The smallest absolute Gasteiger partial charge is 0.193 e. The molecule has 2 saturated heterocycles. The van der Waals surface area contributed by atoms with Gasteiger partial charge in [0.2, 0.25) is 0 Å². The number of allylic oxidation sites excluding steroid dienone is 1. The fourth-order valence-corrected chi connectivity index (χ4v) is 6.87. The minimum Gasteiger partial charge on any atom is -0.369 e. The summed E-state index contributed by atoms with van der Waals surface area (Å²) in [6.45, 7) is 18.3. The van der Waals surface area contributed by atoms with E-state index in [4.69, 9.17) is 0 Å². The van der Waals surface area contributed by atoms with Gasteiger partial charge in [-0.05, 0) is 94.5 Å². The predicted molar refractivity (Wildman–Crippen MR) is 184 cm³/mol. The standard InChI is InChI=1S/C35H43FN6O.C2H6/c1-4-28(20-37-3)40-16-8-9-30(24-40)41(21-26-12-13-38-25(2)17-26)22-27-23-42(29-10-11-29)33-19-34(39-14-6-5-7-15-39)32(36)18-31(33)35(27)43;1-2/h4,12-13,17-20,23,29-30H,1,3,5-11,14-16,21-22,24H2,2H3;1-2H3/b28-20+;. The molecule has 1 saturated carbocycles. The van der Waals surface area contributed by atoms with Crippen molar-refractivity contribution in [1.29, 1.82) is 0 Å². The number of piperidine rings is 2. The molecule has 1 aromatic carbocycles. The number of aryl methyl sites for hydroxylation is 1. The van der Waals surface area contributed by atoms with Crippen LogP contribution in [0.3, 0.4) is 0 Å². The summed E-state index contributed by atoms with van der Waals surface area (Å²) in [4.78, 5) is 29.4. The van der Waals surface area contributed by atoms with E-state index in [1.807, 2.05) is 39.1 Å². The summed E-state index contributed by atoms with van der Waals surface area (Å²) in [5.74, 6) is -0.294. The molecule has 1 unspecified atom stereocenters. The Labute approximate surface area is 267 Å². The van der Waals surface area contributed by atoms with Crippen LogP contribution >= 0.6 is 0 Å². The largest absolute Gasteiger partial charge is 0.369 e. The monoisotopic (exact) mass is 612 g/mol. The third-order valence-corrected chi connectivity index (χ3v) is 9.24. The lowest BCUT2D eigenvalue weighted by atomic mass is 10.0. The molecule has 3 aromatic rings. The van der Waals surface area contributed by atoms with E-state index in [0.717, 1.165) is 92.7 Å². The molecule has 0 radical (unpaired) electrons. The Morgan fingerprint density at radius 2 is 1.87 bits per heavy atom. The zero-order valence-electron chi connectivity index (χ0n) is 27.3. The molecule has 8 heteroatoms. The fourth-order valence-electron chi connectivity index (χ4n) is 6.87. The first-order chi connectivity index (χ1) is 21.9. The molecule has 1 aliphatic carbocycles. The van der Waals surface area contributed by atoms with E-state index in [9.17, 15) is 4.79 Å². The number of nitrogens with zero attached hydrogens (tertiary/aromatic N) is 6. The molecule has 0 N–H and O–H groups in total. The molecule has 2 aromatic heterocycles. The number of aromatic nitrogens is 2. The quantitative estimate of drug-likeness (QED) is 0.177. The highest BCUT2D eigenvalue weighted by Gasteiger charge is 2.30. The molecule has 0 spiro atoms. The van der Waals surface area contributed by atoms with Crippen LogP contribution in [0.1, 0.15) is 81.7 Å². The molecule has 45 heavy (non-hydrogen) atoms. The Morgan fingerprint density at radius 1 is 1.09 bits per heavy atom. The third-order valence-electron chi connectivity index (χ3n) is 9.24. The molecule has 7 nitrogen and oxygen atoms in total. The van der Waals surface area contributed by atoms with E-state index in [1.54, 1.807) is 6.20 Å². The van der Waals surface area contributed by atoms with E-state index in [0.29, 0.717) is 30.2 Å². The highest BCUT2D eigenvalue weighted by atomic mass is 19.1. The normalized spacial score (nSPS) is 19.0. The second kappa shape index (κ2) is 15.0. The van der Waals surface area contributed by atoms with Crippen molar-refractivity contribution in [1.82, 2.24) is 19.4 Å². The number of halogens is 1. The van der Waals surface area contributed by atoms with Crippen LogP contribution in [-0.2, 0) is 13.1 Å². The SMILES string of the molecule is C=C/C(=C\N=C)N1CCCC(N(Cc2ccnc(C)c2)Cc2cn(C3CC3)c3cc(N4CCCCC4)c(F)cc3c2=O)C1.CC. The third kappa shape index (κ3) is 7.55. The number of hydrogen-bond acceptors (Lipinski definition) is 6. The van der Waals surface area contributed by atoms with Crippen LogP contribution in [0.4, 0.5) is 10.1 Å². The topological polar surface area (TPSA) is 57.0 Å². The molecule has 3 fully saturated rings. The first-order valence-electron chi connectivity index (χ1n) is 16.8. The van der Waals surface area contributed by atoms with Crippen LogP contribution in [0, 0.1) is 12.7 Å². The van der Waals surface area contributed by atoms with Gasteiger partial charge in [0.25, 0.3) is 0 Å². The summed E-state index contributed by atoms with van der Waals surface area (Å²) in [5, 5.41) is 0.488. The number of likely N-dealkylation sites (tertiary alicyclic amines) is 1. The van der Waals surface area contributed by atoms with Crippen molar-refractivity contribution in [3.05, 3.63) is 94.1 Å². The molecule has 6 rings (SSSR count). The van der Waals surface area contributed by atoms with Crippen molar-refractivity contribution in [2.75, 3.05) is 31.1 Å². The lowest BCUT2D eigenvalue weighted by Gasteiger charge is -2.41. The van der Waals surface area contributed by atoms with Crippen LogP contribution in [0.25, 0.3) is 10.9 Å². The number of fused-ring (bicyclic) bond motifs is 1. The maximum Gasteiger partial charge on any atom is 0.193 e. The average Bonchev–Trinajstić information content (AvgIpc) is 3.91. The van der Waals surface area contributed by atoms with Gasteiger partial charge >= 0.3 is 0 Å². The van der Waals surface area contributed by atoms with E-state index in [1.165, 1.54) is 12.5 Å². The van der Waals surface area contributed by atoms with Crippen molar-refractivity contribution < 1.29 is 4.39 Å². The Bertz CT molecular complexity index is 1590. The highest BCUT2D eigenvalue weighted by molar-refractivity contribution is 5.84. The maximum atomic E-state index is 15.6. The van der Waals surface area contributed by atoms with Gasteiger partial charge in [0.1, 0.15) is 5.82 Å². The number of pyridine rings is 2. The molecule has 0 bridgehead atoms. The average molecular weight is 613 g/mol. The van der Waals surface area contributed by atoms with Crippen molar-refractivity contribution in [2.45, 2.75) is 90.9 Å². The van der Waals surface area contributed by atoms with Crippen LogP contribution in [0.15, 0.2) is 71.0 Å². The van der Waals surface area contributed by atoms with Gasteiger partial charge in [-0.2, -0.15) is 0 Å². The van der Waals surface area contributed by atoms with Gasteiger partial charge < -0.3 is 14.4 Å². The molecule has 4 heterocycles. The zero-order chi connectivity index (χ0) is 31.9. The van der Waals surface area contributed by atoms with Crippen LogP contribution < -0.4 is 10.3 Å². The van der Waals surface area contributed by atoms with E-state index >= 15 is 4.39 Å². The van der Waals surface area contributed by atoms with Gasteiger partial charge in [-0.25, -0.2) is 4.39 Å². The van der Waals surface area contributed by atoms with Crippen molar-refractivity contribution in [3.8, 4) is 0 Å². The Kier molecular flexibility index (Phi) is 10.9. The van der Waals surface area contributed by atoms with E-state index in [-0.39, 0.29) is 17.3 Å². The number of aliphatic imine (C=N–C) groups is 1. The van der Waals surface area contributed by atoms with Crippen LogP contribution in [-0.4, -0.2) is 58.3 Å². The summed E-state index contributed by atoms with van der Waals surface area (Å²) in [7, 11) is 0. The summed E-state index contributed by atoms with van der Waals surface area (Å²) in [6, 6.07) is 8.18. The summed E-state index contributed by atoms with van der Waals surface area (Å²) >= 11 is 0. The van der Waals surface area contributed by atoms with Crippen molar-refractivity contribution in [3.63, 3.8) is 0 Å². The predicted octanol–water partition coefficient (Wildman–Crippen LogP) is 7.39. The molecule has 0 amide bonds. The number of benzene rings is 1. The van der Waals surface area contributed by atoms with E-state index in [2.05, 4.69) is 60.9 Å². The van der Waals surface area contributed by atoms with Gasteiger partial charge in [0, 0.05) is 86.6 Å². The minimum absolute atomic E-state index is 0.0675. The molecular weight excluding hydrogens is 563 g/mol. The highest BCUT2D eigenvalue weighted by Crippen LogP contribution is 2.38. The zero-order valence-corrected chi connectivity index (χ0v) is 27.3. The molecule has 1 atom stereocenters. The Morgan fingerprint density at radius 3 is 2.56 bits per heavy atom. The molecule has 3 aliphatic rings. The first kappa shape index (κ1) is 32.6. The minimum atomic E-state index is -0.294. The lowest BCUT2D eigenvalue weighted by molar-refractivity contribution is 0.104. The lowest BCUT2D eigenvalue weighted by Crippen LogP contribution is -2.47. The van der Waals surface area contributed by atoms with Crippen LogP contribution in [0.2, 0.25) is 0 Å². The summed E-state index contributed by atoms with van der Waals surface area (Å²) < 4.78 is 17.9. The first-order valence-corrected chi connectivity index (χ1v) is 16.8. The Balaban J connectivity index is 0.00000196. The van der Waals surface area contributed by atoms with Gasteiger partial charge in [-0.15, -0.1) is 0 Å². The molecular formula is C37H49FN6O. The van der Waals surface area contributed by atoms with Gasteiger partial charge in [-0.1, -0.05) is 20.4 Å².